The fourth-order valence-electron chi connectivity index (χ4n) is 2.43. The first kappa shape index (κ1) is 13.4. The van der Waals surface area contributed by atoms with Crippen molar-refractivity contribution in [2.24, 2.45) is 0 Å². The first-order chi connectivity index (χ1) is 8.85. The third-order valence-electron chi connectivity index (χ3n) is 3.40. The van der Waals surface area contributed by atoms with Gasteiger partial charge >= 0.3 is 0 Å². The first-order valence-corrected chi connectivity index (χ1v) is 6.92. The van der Waals surface area contributed by atoms with Crippen molar-refractivity contribution in [3.63, 3.8) is 0 Å². The lowest BCUT2D eigenvalue weighted by Crippen LogP contribution is -2.27. The standard InChI is InChI=1S/C14H23N3O/c1-3-8-15-12-5-4-6-13-11(12)10-16-14(17-13)7-9-18-2/h10,12,15H,3-9H2,1-2H3. The summed E-state index contributed by atoms with van der Waals surface area (Å²) in [6, 6.07) is 0.449. The number of ether oxygens (including phenoxy) is 1. The van der Waals surface area contributed by atoms with E-state index in [0.29, 0.717) is 12.6 Å². The van der Waals surface area contributed by atoms with Crippen LogP contribution < -0.4 is 5.32 Å². The van der Waals surface area contributed by atoms with Crippen LogP contribution in [0.25, 0.3) is 0 Å². The predicted octanol–water partition coefficient (Wildman–Crippen LogP) is 2.04. The third kappa shape index (κ3) is 3.27. The lowest BCUT2D eigenvalue weighted by atomic mass is 9.92. The molecule has 0 bridgehead atoms. The second-order valence-electron chi connectivity index (χ2n) is 4.83. The van der Waals surface area contributed by atoms with Crippen molar-refractivity contribution in [2.75, 3.05) is 20.3 Å². The molecule has 1 atom stereocenters. The maximum atomic E-state index is 5.07. The second kappa shape index (κ2) is 6.81. The smallest absolute Gasteiger partial charge is 0.130 e. The molecular formula is C14H23N3O. The fraction of sp³-hybridized carbons (Fsp3) is 0.714. The number of methoxy groups -OCH3 is 1. The molecule has 1 aliphatic rings. The molecule has 4 heteroatoms. The molecule has 0 saturated carbocycles. The molecule has 1 aromatic heterocycles. The van der Waals surface area contributed by atoms with E-state index in [-0.39, 0.29) is 0 Å². The Morgan fingerprint density at radius 2 is 2.39 bits per heavy atom. The van der Waals surface area contributed by atoms with Crippen LogP contribution in [0.2, 0.25) is 0 Å². The van der Waals surface area contributed by atoms with Gasteiger partial charge in [0.1, 0.15) is 5.82 Å². The number of aryl methyl sites for hydroxylation is 1. The summed E-state index contributed by atoms with van der Waals surface area (Å²) < 4.78 is 5.07. The summed E-state index contributed by atoms with van der Waals surface area (Å²) >= 11 is 0. The molecule has 100 valence electrons. The Hall–Kier alpha value is -1.00. The number of fused-ring (bicyclic) bond motifs is 1. The van der Waals surface area contributed by atoms with Gasteiger partial charge in [0.15, 0.2) is 0 Å². The molecule has 2 rings (SSSR count). The summed E-state index contributed by atoms with van der Waals surface area (Å²) in [7, 11) is 1.71. The van der Waals surface area contributed by atoms with Gasteiger partial charge in [0.05, 0.1) is 6.61 Å². The molecule has 0 aliphatic heterocycles. The van der Waals surface area contributed by atoms with Gasteiger partial charge in [-0.05, 0) is 32.2 Å². The van der Waals surface area contributed by atoms with Gasteiger partial charge in [0.25, 0.3) is 0 Å². The highest BCUT2D eigenvalue weighted by molar-refractivity contribution is 5.24. The van der Waals surface area contributed by atoms with Crippen molar-refractivity contribution in [1.29, 1.82) is 0 Å². The topological polar surface area (TPSA) is 47.0 Å². The van der Waals surface area contributed by atoms with Gasteiger partial charge in [-0.3, -0.25) is 0 Å². The van der Waals surface area contributed by atoms with Crippen LogP contribution in [-0.4, -0.2) is 30.2 Å². The largest absolute Gasteiger partial charge is 0.384 e. The van der Waals surface area contributed by atoms with Crippen LogP contribution in [0.5, 0.6) is 0 Å². The maximum Gasteiger partial charge on any atom is 0.130 e. The molecule has 1 aromatic rings. The lowest BCUT2D eigenvalue weighted by Gasteiger charge is -2.25. The predicted molar refractivity (Wildman–Crippen MR) is 71.6 cm³/mol. The first-order valence-electron chi connectivity index (χ1n) is 6.92. The molecule has 0 aromatic carbocycles. The second-order valence-corrected chi connectivity index (χ2v) is 4.83. The Balaban J connectivity index is 2.09. The van der Waals surface area contributed by atoms with E-state index in [1.54, 1.807) is 7.11 Å². The van der Waals surface area contributed by atoms with Crippen molar-refractivity contribution in [2.45, 2.75) is 45.1 Å². The van der Waals surface area contributed by atoms with Crippen molar-refractivity contribution in [3.05, 3.63) is 23.3 Å². The van der Waals surface area contributed by atoms with Crippen LogP contribution in [0.3, 0.4) is 0 Å². The average Bonchev–Trinajstić information content (AvgIpc) is 2.42. The van der Waals surface area contributed by atoms with Crippen molar-refractivity contribution >= 4 is 0 Å². The van der Waals surface area contributed by atoms with Gasteiger partial charge < -0.3 is 10.1 Å². The Morgan fingerprint density at radius 1 is 1.50 bits per heavy atom. The number of hydrogen-bond donors (Lipinski definition) is 1. The van der Waals surface area contributed by atoms with E-state index in [1.807, 2.05) is 6.20 Å². The fourth-order valence-corrected chi connectivity index (χ4v) is 2.43. The lowest BCUT2D eigenvalue weighted by molar-refractivity contribution is 0.200. The van der Waals surface area contributed by atoms with Gasteiger partial charge in [-0.2, -0.15) is 0 Å². The minimum atomic E-state index is 0.449. The molecule has 1 heterocycles. The van der Waals surface area contributed by atoms with E-state index in [1.165, 1.54) is 30.5 Å². The molecule has 4 nitrogen and oxygen atoms in total. The minimum absolute atomic E-state index is 0.449. The number of aromatic nitrogens is 2. The highest BCUT2D eigenvalue weighted by Crippen LogP contribution is 2.27. The third-order valence-corrected chi connectivity index (χ3v) is 3.40. The van der Waals surface area contributed by atoms with Crippen molar-refractivity contribution in [1.82, 2.24) is 15.3 Å². The normalized spacial score (nSPS) is 18.7. The van der Waals surface area contributed by atoms with Gasteiger partial charge in [0, 0.05) is 37.0 Å². The number of rotatable bonds is 6. The Labute approximate surface area is 109 Å². The highest BCUT2D eigenvalue weighted by Gasteiger charge is 2.21. The van der Waals surface area contributed by atoms with E-state index in [0.717, 1.165) is 25.2 Å². The van der Waals surface area contributed by atoms with Crippen molar-refractivity contribution < 1.29 is 4.74 Å². The molecule has 0 amide bonds. The quantitative estimate of drug-likeness (QED) is 0.838. The summed E-state index contributed by atoms with van der Waals surface area (Å²) in [5, 5.41) is 3.59. The molecule has 18 heavy (non-hydrogen) atoms. The van der Waals surface area contributed by atoms with Gasteiger partial charge in [-0.1, -0.05) is 6.92 Å². The average molecular weight is 249 g/mol. The van der Waals surface area contributed by atoms with E-state index in [9.17, 15) is 0 Å². The van der Waals surface area contributed by atoms with E-state index in [4.69, 9.17) is 4.74 Å². The van der Waals surface area contributed by atoms with Crippen LogP contribution >= 0.6 is 0 Å². The molecule has 1 N–H and O–H groups in total. The Morgan fingerprint density at radius 3 is 3.17 bits per heavy atom. The summed E-state index contributed by atoms with van der Waals surface area (Å²) in [6.07, 6.45) is 7.49. The van der Waals surface area contributed by atoms with Crippen LogP contribution in [-0.2, 0) is 17.6 Å². The minimum Gasteiger partial charge on any atom is -0.384 e. The summed E-state index contributed by atoms with van der Waals surface area (Å²) in [4.78, 5) is 9.13. The zero-order valence-corrected chi connectivity index (χ0v) is 11.4. The van der Waals surface area contributed by atoms with E-state index in [2.05, 4.69) is 22.2 Å². The van der Waals surface area contributed by atoms with E-state index < -0.39 is 0 Å². The van der Waals surface area contributed by atoms with Crippen LogP contribution in [0.1, 0.15) is 49.3 Å². The van der Waals surface area contributed by atoms with Crippen LogP contribution in [0.15, 0.2) is 6.20 Å². The highest BCUT2D eigenvalue weighted by atomic mass is 16.5. The van der Waals surface area contributed by atoms with Gasteiger partial charge in [-0.25, -0.2) is 9.97 Å². The summed E-state index contributed by atoms with van der Waals surface area (Å²) in [5.41, 5.74) is 2.53. The monoisotopic (exact) mass is 249 g/mol. The number of hydrogen-bond acceptors (Lipinski definition) is 4. The van der Waals surface area contributed by atoms with Crippen LogP contribution in [0.4, 0.5) is 0 Å². The number of nitrogens with one attached hydrogen (secondary N) is 1. The Bertz CT molecular complexity index is 381. The molecule has 0 spiro atoms. The van der Waals surface area contributed by atoms with E-state index >= 15 is 0 Å². The zero-order chi connectivity index (χ0) is 12.8. The molecule has 1 aliphatic carbocycles. The Kier molecular flexibility index (Phi) is 5.08. The molecular weight excluding hydrogens is 226 g/mol. The SMILES string of the molecule is CCCNC1CCCc2nc(CCOC)ncc21. The van der Waals surface area contributed by atoms with Gasteiger partial charge in [-0.15, -0.1) is 0 Å². The van der Waals surface area contributed by atoms with Crippen molar-refractivity contribution in [3.8, 4) is 0 Å². The molecule has 0 radical (unpaired) electrons. The molecule has 1 unspecified atom stereocenters. The van der Waals surface area contributed by atoms with Crippen LogP contribution in [0, 0.1) is 0 Å². The molecule has 0 saturated heterocycles. The zero-order valence-electron chi connectivity index (χ0n) is 11.4. The summed E-state index contributed by atoms with van der Waals surface area (Å²) in [6.45, 7) is 3.95. The maximum absolute atomic E-state index is 5.07. The molecule has 0 fully saturated rings. The van der Waals surface area contributed by atoms with Gasteiger partial charge in [0.2, 0.25) is 0 Å². The number of nitrogens with zero attached hydrogens (tertiary/aromatic N) is 2. The summed E-state index contributed by atoms with van der Waals surface area (Å²) in [5.74, 6) is 0.909.